The largest absolute Gasteiger partial charge is 0.467 e. The van der Waals surface area contributed by atoms with E-state index >= 15 is 0 Å². The van der Waals surface area contributed by atoms with Crippen LogP contribution < -0.4 is 5.32 Å². The summed E-state index contributed by atoms with van der Waals surface area (Å²) in [5, 5.41) is 13.4. The van der Waals surface area contributed by atoms with Gasteiger partial charge in [0.05, 0.1) is 29.0 Å². The van der Waals surface area contributed by atoms with Gasteiger partial charge >= 0.3 is 0 Å². The predicted octanol–water partition coefficient (Wildman–Crippen LogP) is 3.50. The van der Waals surface area contributed by atoms with E-state index in [4.69, 9.17) is 4.42 Å². The summed E-state index contributed by atoms with van der Waals surface area (Å²) in [5.41, 5.74) is -0.0757. The van der Waals surface area contributed by atoms with Gasteiger partial charge in [0.15, 0.2) is 5.82 Å². The topological polar surface area (TPSA) is 68.3 Å². The molecule has 1 N–H and O–H groups in total. The molecule has 1 aromatic carbocycles. The molecule has 0 radical (unpaired) electrons. The fourth-order valence-corrected chi connectivity index (χ4v) is 1.58. The van der Waals surface area contributed by atoms with Gasteiger partial charge in [-0.1, -0.05) is 0 Å². The molecule has 18 heavy (non-hydrogen) atoms. The molecule has 6 heteroatoms. The van der Waals surface area contributed by atoms with Gasteiger partial charge in [0.2, 0.25) is 0 Å². The molecule has 0 aliphatic rings. The quantitative estimate of drug-likeness (QED) is 0.666. The maximum absolute atomic E-state index is 13.6. The molecule has 0 aliphatic heterocycles. The minimum Gasteiger partial charge on any atom is -0.467 e. The summed E-state index contributed by atoms with van der Waals surface area (Å²) in [4.78, 5) is 9.84. The number of nitrogens with one attached hydrogen (secondary N) is 1. The van der Waals surface area contributed by atoms with Gasteiger partial charge in [0.1, 0.15) is 5.76 Å². The first-order valence-corrected chi connectivity index (χ1v) is 5.32. The molecule has 1 heterocycles. The minimum atomic E-state index is -0.664. The predicted molar refractivity (Wildman–Crippen MR) is 63.8 cm³/mol. The Morgan fingerprint density at radius 2 is 2.22 bits per heavy atom. The minimum absolute atomic E-state index is 0.199. The maximum atomic E-state index is 13.6. The van der Waals surface area contributed by atoms with Crippen molar-refractivity contribution in [3.05, 3.63) is 58.3 Å². The number of nitro groups is 1. The van der Waals surface area contributed by atoms with Crippen molar-refractivity contribution in [3.8, 4) is 0 Å². The number of nitrogens with zero attached hydrogens (tertiary/aromatic N) is 1. The van der Waals surface area contributed by atoms with Crippen LogP contribution in [0.15, 0.2) is 41.0 Å². The SMILES string of the molecule is CC(Nc1ccc([N+](=O)[O-])cc1F)c1ccco1. The summed E-state index contributed by atoms with van der Waals surface area (Å²) < 4.78 is 18.8. The highest BCUT2D eigenvalue weighted by atomic mass is 19.1. The van der Waals surface area contributed by atoms with Gasteiger partial charge in [-0.2, -0.15) is 0 Å². The van der Waals surface area contributed by atoms with E-state index in [2.05, 4.69) is 5.32 Å². The first-order valence-electron chi connectivity index (χ1n) is 5.32. The van der Waals surface area contributed by atoms with E-state index in [1.165, 1.54) is 18.4 Å². The second-order valence-corrected chi connectivity index (χ2v) is 3.80. The standard InChI is InChI=1S/C12H11FN2O3/c1-8(12-3-2-6-18-12)14-11-5-4-9(15(16)17)7-10(11)13/h2-8,14H,1H3. The Morgan fingerprint density at radius 1 is 1.44 bits per heavy atom. The van der Waals surface area contributed by atoms with Crippen LogP contribution in [0, 0.1) is 15.9 Å². The van der Waals surface area contributed by atoms with Crippen LogP contribution in [0.1, 0.15) is 18.7 Å². The molecule has 0 saturated heterocycles. The van der Waals surface area contributed by atoms with Gasteiger partial charge in [-0.05, 0) is 25.1 Å². The van der Waals surface area contributed by atoms with Crippen LogP contribution in [0.2, 0.25) is 0 Å². The third-order valence-corrected chi connectivity index (χ3v) is 2.51. The van der Waals surface area contributed by atoms with E-state index in [1.807, 2.05) is 0 Å². The Kier molecular flexibility index (Phi) is 3.27. The Hall–Kier alpha value is -2.37. The Balaban J connectivity index is 2.17. The molecule has 0 saturated carbocycles. The summed E-state index contributed by atoms with van der Waals surface area (Å²) in [6.07, 6.45) is 1.53. The van der Waals surface area contributed by atoms with Crippen LogP contribution >= 0.6 is 0 Å². The molecule has 1 unspecified atom stereocenters. The molecule has 2 rings (SSSR count). The van der Waals surface area contributed by atoms with Crippen molar-refractivity contribution in [2.45, 2.75) is 13.0 Å². The lowest BCUT2D eigenvalue weighted by Crippen LogP contribution is -2.07. The second kappa shape index (κ2) is 4.87. The van der Waals surface area contributed by atoms with Gasteiger partial charge in [0.25, 0.3) is 5.69 Å². The third kappa shape index (κ3) is 2.48. The van der Waals surface area contributed by atoms with Crippen molar-refractivity contribution in [3.63, 3.8) is 0 Å². The number of hydrogen-bond acceptors (Lipinski definition) is 4. The number of non-ortho nitro benzene ring substituents is 1. The number of hydrogen-bond donors (Lipinski definition) is 1. The number of anilines is 1. The molecule has 0 spiro atoms. The molecule has 94 valence electrons. The van der Waals surface area contributed by atoms with Gasteiger partial charge < -0.3 is 9.73 Å². The molecule has 1 aromatic heterocycles. The first-order chi connectivity index (χ1) is 8.58. The highest BCUT2D eigenvalue weighted by molar-refractivity contribution is 5.51. The smallest absolute Gasteiger partial charge is 0.272 e. The summed E-state index contributed by atoms with van der Waals surface area (Å²) in [6, 6.07) is 6.75. The number of furan rings is 1. The summed E-state index contributed by atoms with van der Waals surface area (Å²) in [5.74, 6) is -0.00430. The van der Waals surface area contributed by atoms with Crippen molar-refractivity contribution in [2.75, 3.05) is 5.32 Å². The average Bonchev–Trinajstić information content (AvgIpc) is 2.85. The van der Waals surface area contributed by atoms with Gasteiger partial charge in [-0.15, -0.1) is 0 Å². The summed E-state index contributed by atoms with van der Waals surface area (Å²) >= 11 is 0. The molecular weight excluding hydrogens is 239 g/mol. The van der Waals surface area contributed by atoms with Crippen LogP contribution in [0.4, 0.5) is 15.8 Å². The van der Waals surface area contributed by atoms with E-state index in [0.717, 1.165) is 6.07 Å². The molecule has 0 fully saturated rings. The monoisotopic (exact) mass is 250 g/mol. The van der Waals surface area contributed by atoms with Crippen LogP contribution in [-0.2, 0) is 0 Å². The van der Waals surface area contributed by atoms with Gasteiger partial charge in [0, 0.05) is 6.07 Å². The van der Waals surface area contributed by atoms with Crippen LogP contribution in [-0.4, -0.2) is 4.92 Å². The molecular formula is C12H11FN2O3. The van der Waals surface area contributed by atoms with Crippen molar-refractivity contribution >= 4 is 11.4 Å². The number of nitro benzene ring substituents is 1. The van der Waals surface area contributed by atoms with Crippen LogP contribution in [0.25, 0.3) is 0 Å². The normalized spacial score (nSPS) is 12.1. The van der Waals surface area contributed by atoms with E-state index in [1.54, 1.807) is 19.1 Å². The first kappa shape index (κ1) is 12.1. The number of benzene rings is 1. The molecule has 0 aliphatic carbocycles. The van der Waals surface area contributed by atoms with Crippen LogP contribution in [0.5, 0.6) is 0 Å². The Morgan fingerprint density at radius 3 is 2.78 bits per heavy atom. The second-order valence-electron chi connectivity index (χ2n) is 3.80. The Labute approximate surface area is 102 Å². The summed E-state index contributed by atoms with van der Waals surface area (Å²) in [6.45, 7) is 1.81. The number of rotatable bonds is 4. The zero-order valence-corrected chi connectivity index (χ0v) is 9.59. The molecule has 2 aromatic rings. The van der Waals surface area contributed by atoms with Crippen molar-refractivity contribution in [2.24, 2.45) is 0 Å². The van der Waals surface area contributed by atoms with E-state index in [-0.39, 0.29) is 17.4 Å². The third-order valence-electron chi connectivity index (χ3n) is 2.51. The lowest BCUT2D eigenvalue weighted by atomic mass is 10.2. The fraction of sp³-hybridized carbons (Fsp3) is 0.167. The van der Waals surface area contributed by atoms with E-state index in [9.17, 15) is 14.5 Å². The fourth-order valence-electron chi connectivity index (χ4n) is 1.58. The highest BCUT2D eigenvalue weighted by Gasteiger charge is 2.14. The van der Waals surface area contributed by atoms with Gasteiger partial charge in [-0.25, -0.2) is 4.39 Å². The lowest BCUT2D eigenvalue weighted by molar-refractivity contribution is -0.385. The van der Waals surface area contributed by atoms with Crippen molar-refractivity contribution in [1.29, 1.82) is 0 Å². The molecule has 0 bridgehead atoms. The zero-order valence-electron chi connectivity index (χ0n) is 9.59. The molecule has 1 atom stereocenters. The highest BCUT2D eigenvalue weighted by Crippen LogP contribution is 2.24. The number of halogens is 1. The zero-order chi connectivity index (χ0) is 13.1. The van der Waals surface area contributed by atoms with E-state index < -0.39 is 10.7 Å². The van der Waals surface area contributed by atoms with Crippen LogP contribution in [0.3, 0.4) is 0 Å². The summed E-state index contributed by atoms with van der Waals surface area (Å²) in [7, 11) is 0. The van der Waals surface area contributed by atoms with Crippen molar-refractivity contribution in [1.82, 2.24) is 0 Å². The van der Waals surface area contributed by atoms with Crippen molar-refractivity contribution < 1.29 is 13.7 Å². The lowest BCUT2D eigenvalue weighted by Gasteiger charge is -2.13. The average molecular weight is 250 g/mol. The maximum Gasteiger partial charge on any atom is 0.272 e. The van der Waals surface area contributed by atoms with Gasteiger partial charge in [-0.3, -0.25) is 10.1 Å². The molecule has 5 nitrogen and oxygen atoms in total. The Bertz CT molecular complexity index is 554. The van der Waals surface area contributed by atoms with E-state index in [0.29, 0.717) is 5.76 Å². The molecule has 0 amide bonds.